The quantitative estimate of drug-likeness (QED) is 0.775. The molecule has 0 aliphatic carbocycles. The largest absolute Gasteiger partial charge is 0.320 e. The number of halogens is 2. The van der Waals surface area contributed by atoms with Crippen molar-refractivity contribution in [3.63, 3.8) is 0 Å². The Balaban J connectivity index is 2.31. The fourth-order valence-electron chi connectivity index (χ4n) is 1.64. The monoisotopic (exact) mass is 314 g/mol. The Labute approximate surface area is 110 Å². The summed E-state index contributed by atoms with van der Waals surface area (Å²) in [6.45, 7) is -0.517. The maximum Gasteiger partial charge on any atom is 0.258 e. The third kappa shape index (κ3) is 2.40. The van der Waals surface area contributed by atoms with Gasteiger partial charge in [0.05, 0.1) is 5.56 Å². The lowest BCUT2D eigenvalue weighted by atomic mass is 10.1. The second-order valence-corrected chi connectivity index (χ2v) is 4.58. The van der Waals surface area contributed by atoms with Crippen molar-refractivity contribution in [3.05, 3.63) is 34.1 Å². The molecule has 1 N–H and O–H groups in total. The van der Waals surface area contributed by atoms with Gasteiger partial charge in [-0.3, -0.25) is 19.7 Å². The normalized spacial score (nSPS) is 15.6. The first-order valence-electron chi connectivity index (χ1n) is 5.05. The number of carbonyl (C=O) groups is 3. The van der Waals surface area contributed by atoms with Crippen LogP contribution in [-0.4, -0.2) is 35.7 Å². The number of nitrogens with one attached hydrogen (secondary N) is 1. The Hall–Kier alpha value is -1.76. The van der Waals surface area contributed by atoms with E-state index in [9.17, 15) is 18.8 Å². The van der Waals surface area contributed by atoms with Gasteiger partial charge in [0, 0.05) is 4.47 Å². The first-order valence-corrected chi connectivity index (χ1v) is 5.84. The van der Waals surface area contributed by atoms with Crippen molar-refractivity contribution in [1.82, 2.24) is 10.2 Å². The summed E-state index contributed by atoms with van der Waals surface area (Å²) in [6, 6.07) is 4.11. The maximum absolute atomic E-state index is 13.6. The molecule has 0 spiro atoms. The second-order valence-electron chi connectivity index (χ2n) is 3.73. The lowest BCUT2D eigenvalue weighted by molar-refractivity contribution is -0.135. The number of imide groups is 1. The summed E-state index contributed by atoms with van der Waals surface area (Å²) in [5.74, 6) is -2.55. The van der Waals surface area contributed by atoms with Crippen LogP contribution in [0.25, 0.3) is 0 Å². The summed E-state index contributed by atoms with van der Waals surface area (Å²) in [4.78, 5) is 35.4. The molecule has 0 radical (unpaired) electrons. The Morgan fingerprint density at radius 2 is 1.89 bits per heavy atom. The van der Waals surface area contributed by atoms with Crippen molar-refractivity contribution in [2.75, 3.05) is 13.1 Å². The van der Waals surface area contributed by atoms with Gasteiger partial charge in [0.25, 0.3) is 5.91 Å². The molecule has 0 unspecified atom stereocenters. The Morgan fingerprint density at radius 1 is 1.28 bits per heavy atom. The van der Waals surface area contributed by atoms with Gasteiger partial charge < -0.3 is 4.90 Å². The molecule has 1 heterocycles. The van der Waals surface area contributed by atoms with Crippen LogP contribution in [0.4, 0.5) is 4.39 Å². The van der Waals surface area contributed by atoms with E-state index in [-0.39, 0.29) is 23.1 Å². The zero-order valence-electron chi connectivity index (χ0n) is 9.07. The molecule has 0 saturated carbocycles. The average molecular weight is 315 g/mol. The van der Waals surface area contributed by atoms with Gasteiger partial charge in [0.1, 0.15) is 18.9 Å². The fraction of sp³-hybridized carbons (Fsp3) is 0.182. The lowest BCUT2D eigenvalue weighted by Crippen LogP contribution is -2.53. The Bertz CT molecular complexity index is 511. The van der Waals surface area contributed by atoms with Crippen LogP contribution in [0.1, 0.15) is 10.4 Å². The van der Waals surface area contributed by atoms with Crippen LogP contribution < -0.4 is 5.32 Å². The summed E-state index contributed by atoms with van der Waals surface area (Å²) in [6.07, 6.45) is 0. The van der Waals surface area contributed by atoms with Gasteiger partial charge in [-0.05, 0) is 28.1 Å². The maximum atomic E-state index is 13.6. The summed E-state index contributed by atoms with van der Waals surface area (Å²) in [5.41, 5.74) is -0.181. The number of hydrogen-bond donors (Lipinski definition) is 1. The molecule has 18 heavy (non-hydrogen) atoms. The highest BCUT2D eigenvalue weighted by Gasteiger charge is 2.29. The van der Waals surface area contributed by atoms with Gasteiger partial charge in [0.2, 0.25) is 11.8 Å². The van der Waals surface area contributed by atoms with Crippen molar-refractivity contribution in [1.29, 1.82) is 0 Å². The molecular formula is C11H8BrFN2O3. The number of hydrogen-bond acceptors (Lipinski definition) is 3. The van der Waals surface area contributed by atoms with E-state index in [1.807, 2.05) is 0 Å². The van der Waals surface area contributed by atoms with E-state index in [0.29, 0.717) is 0 Å². The molecule has 1 saturated heterocycles. The second kappa shape index (κ2) is 4.85. The zero-order valence-corrected chi connectivity index (χ0v) is 10.7. The first-order chi connectivity index (χ1) is 8.49. The van der Waals surface area contributed by atoms with E-state index < -0.39 is 23.5 Å². The molecule has 0 atom stereocenters. The van der Waals surface area contributed by atoms with E-state index in [2.05, 4.69) is 21.2 Å². The van der Waals surface area contributed by atoms with Crippen molar-refractivity contribution in [2.45, 2.75) is 0 Å². The van der Waals surface area contributed by atoms with Crippen LogP contribution in [0, 0.1) is 5.82 Å². The van der Waals surface area contributed by atoms with Crippen LogP contribution in [0.5, 0.6) is 0 Å². The van der Waals surface area contributed by atoms with Gasteiger partial charge in [-0.15, -0.1) is 0 Å². The van der Waals surface area contributed by atoms with Crippen molar-refractivity contribution >= 4 is 33.7 Å². The van der Waals surface area contributed by atoms with Gasteiger partial charge in [-0.1, -0.05) is 6.07 Å². The predicted molar refractivity (Wildman–Crippen MR) is 63.2 cm³/mol. The molecule has 94 valence electrons. The number of piperazine rings is 1. The Morgan fingerprint density at radius 3 is 2.44 bits per heavy atom. The molecule has 1 fully saturated rings. The molecule has 0 bridgehead atoms. The van der Waals surface area contributed by atoms with Crippen molar-refractivity contribution in [2.24, 2.45) is 0 Å². The number of benzene rings is 1. The third-order valence-corrected chi connectivity index (χ3v) is 3.07. The predicted octanol–water partition coefficient (Wildman–Crippen LogP) is 0.687. The van der Waals surface area contributed by atoms with Crippen molar-refractivity contribution in [3.8, 4) is 0 Å². The number of nitrogens with zero attached hydrogens (tertiary/aromatic N) is 1. The Kier molecular flexibility index (Phi) is 3.42. The van der Waals surface area contributed by atoms with Gasteiger partial charge in [-0.2, -0.15) is 0 Å². The minimum Gasteiger partial charge on any atom is -0.320 e. The van der Waals surface area contributed by atoms with Crippen LogP contribution in [0.3, 0.4) is 0 Å². The average Bonchev–Trinajstić information content (AvgIpc) is 2.27. The molecule has 5 nitrogen and oxygen atoms in total. The molecular weight excluding hydrogens is 307 g/mol. The topological polar surface area (TPSA) is 66.5 Å². The molecule has 0 aromatic heterocycles. The van der Waals surface area contributed by atoms with Crippen LogP contribution in [0.2, 0.25) is 0 Å². The number of amides is 3. The van der Waals surface area contributed by atoms with E-state index in [0.717, 1.165) is 11.0 Å². The fourth-order valence-corrected chi connectivity index (χ4v) is 2.15. The van der Waals surface area contributed by atoms with Crippen LogP contribution >= 0.6 is 15.9 Å². The highest BCUT2D eigenvalue weighted by Crippen LogP contribution is 2.21. The SMILES string of the molecule is O=C1CN(C(=O)c2c(F)cccc2Br)CC(=O)N1. The molecule has 1 aliphatic heterocycles. The standard InChI is InChI=1S/C11H8BrFN2O3/c12-6-2-1-3-7(13)10(6)11(18)15-4-8(16)14-9(17)5-15/h1-3H,4-5H2,(H,14,16,17). The highest BCUT2D eigenvalue weighted by molar-refractivity contribution is 9.10. The van der Waals surface area contributed by atoms with Crippen molar-refractivity contribution < 1.29 is 18.8 Å². The van der Waals surface area contributed by atoms with E-state index >= 15 is 0 Å². The van der Waals surface area contributed by atoms with E-state index in [1.54, 1.807) is 0 Å². The molecule has 2 rings (SSSR count). The number of carbonyl (C=O) groups excluding carboxylic acids is 3. The summed E-state index contributed by atoms with van der Waals surface area (Å²) in [5, 5.41) is 2.07. The molecule has 1 aromatic rings. The highest BCUT2D eigenvalue weighted by atomic mass is 79.9. The summed E-state index contributed by atoms with van der Waals surface area (Å²) >= 11 is 3.07. The smallest absolute Gasteiger partial charge is 0.258 e. The molecule has 1 aromatic carbocycles. The summed E-state index contributed by atoms with van der Waals surface area (Å²) < 4.78 is 13.9. The molecule has 1 aliphatic rings. The lowest BCUT2D eigenvalue weighted by Gasteiger charge is -2.25. The number of rotatable bonds is 1. The molecule has 3 amide bonds. The molecule has 7 heteroatoms. The summed E-state index contributed by atoms with van der Waals surface area (Å²) in [7, 11) is 0. The van der Waals surface area contributed by atoms with E-state index in [1.165, 1.54) is 12.1 Å². The van der Waals surface area contributed by atoms with Crippen LogP contribution in [0.15, 0.2) is 22.7 Å². The third-order valence-electron chi connectivity index (χ3n) is 2.41. The minimum absolute atomic E-state index is 0.181. The minimum atomic E-state index is -0.701. The van der Waals surface area contributed by atoms with E-state index in [4.69, 9.17) is 0 Å². The van der Waals surface area contributed by atoms with Gasteiger partial charge >= 0.3 is 0 Å². The zero-order chi connectivity index (χ0) is 13.3. The van der Waals surface area contributed by atoms with Gasteiger partial charge in [0.15, 0.2) is 0 Å². The first kappa shape index (κ1) is 12.7. The van der Waals surface area contributed by atoms with Crippen LogP contribution in [-0.2, 0) is 9.59 Å². The van der Waals surface area contributed by atoms with Gasteiger partial charge in [-0.25, -0.2) is 4.39 Å².